The lowest BCUT2D eigenvalue weighted by atomic mass is 10.1. The Balaban J connectivity index is 1.99. The van der Waals surface area contributed by atoms with Gasteiger partial charge in [0.1, 0.15) is 11.5 Å². The van der Waals surface area contributed by atoms with Crippen LogP contribution >= 0.6 is 0 Å². The lowest BCUT2D eigenvalue weighted by Crippen LogP contribution is -2.30. The minimum Gasteiger partial charge on any atom is -0.337 e. The van der Waals surface area contributed by atoms with Gasteiger partial charge in [-0.05, 0) is 38.1 Å². The van der Waals surface area contributed by atoms with E-state index in [-0.39, 0.29) is 5.91 Å². The molecule has 1 aromatic rings. The molecule has 92 valence electrons. The van der Waals surface area contributed by atoms with Gasteiger partial charge in [-0.1, -0.05) is 0 Å². The van der Waals surface area contributed by atoms with Crippen LogP contribution in [-0.4, -0.2) is 42.5 Å². The van der Waals surface area contributed by atoms with Crippen LogP contribution in [0.5, 0.6) is 0 Å². The van der Waals surface area contributed by atoms with Gasteiger partial charge in [0.05, 0.1) is 6.20 Å². The maximum absolute atomic E-state index is 12.7. The molecule has 17 heavy (non-hydrogen) atoms. The summed E-state index contributed by atoms with van der Waals surface area (Å²) in [6.07, 6.45) is 2.09. The maximum atomic E-state index is 12.7. The largest absolute Gasteiger partial charge is 0.337 e. The molecule has 1 N–H and O–H groups in total. The van der Waals surface area contributed by atoms with E-state index in [1.165, 1.54) is 12.1 Å². The van der Waals surface area contributed by atoms with E-state index in [2.05, 4.69) is 10.3 Å². The predicted octanol–water partition coefficient (Wildman–Crippen LogP) is 0.902. The topological polar surface area (TPSA) is 45.2 Å². The van der Waals surface area contributed by atoms with Crippen molar-refractivity contribution in [1.29, 1.82) is 0 Å². The van der Waals surface area contributed by atoms with Crippen molar-refractivity contribution < 1.29 is 9.18 Å². The van der Waals surface area contributed by atoms with E-state index in [1.807, 2.05) is 7.05 Å². The number of likely N-dealkylation sites (tertiary alicyclic amines) is 1. The molecule has 2 heterocycles. The van der Waals surface area contributed by atoms with Crippen LogP contribution in [0.2, 0.25) is 0 Å². The number of nitrogens with zero attached hydrogens (tertiary/aromatic N) is 2. The van der Waals surface area contributed by atoms with Gasteiger partial charge in [-0.2, -0.15) is 0 Å². The number of aromatic nitrogens is 1. The third-order valence-corrected chi connectivity index (χ3v) is 3.01. The Kier molecular flexibility index (Phi) is 3.68. The Labute approximate surface area is 99.8 Å². The van der Waals surface area contributed by atoms with Crippen LogP contribution in [0.25, 0.3) is 0 Å². The van der Waals surface area contributed by atoms with Crippen LogP contribution < -0.4 is 5.32 Å². The van der Waals surface area contributed by atoms with E-state index >= 15 is 0 Å². The second kappa shape index (κ2) is 5.23. The molecule has 0 bridgehead atoms. The first-order chi connectivity index (χ1) is 8.20. The van der Waals surface area contributed by atoms with Crippen LogP contribution in [0.4, 0.5) is 4.39 Å². The first-order valence-corrected chi connectivity index (χ1v) is 5.76. The minimum atomic E-state index is -0.420. The molecule has 5 heteroatoms. The molecule has 1 fully saturated rings. The van der Waals surface area contributed by atoms with Crippen molar-refractivity contribution in [2.45, 2.75) is 6.42 Å². The molecule has 0 radical (unpaired) electrons. The Bertz CT molecular complexity index is 393. The van der Waals surface area contributed by atoms with E-state index in [9.17, 15) is 9.18 Å². The highest BCUT2D eigenvalue weighted by atomic mass is 19.1. The van der Waals surface area contributed by atoms with Gasteiger partial charge >= 0.3 is 0 Å². The molecular formula is C12H16FN3O. The second-order valence-corrected chi connectivity index (χ2v) is 4.33. The van der Waals surface area contributed by atoms with Crippen molar-refractivity contribution in [2.75, 3.05) is 26.7 Å². The number of carbonyl (C=O) groups is 1. The van der Waals surface area contributed by atoms with Gasteiger partial charge in [0, 0.05) is 13.1 Å². The number of hydrogen-bond acceptors (Lipinski definition) is 3. The van der Waals surface area contributed by atoms with Gasteiger partial charge in [0.2, 0.25) is 0 Å². The normalized spacial score (nSPS) is 19.6. The summed E-state index contributed by atoms with van der Waals surface area (Å²) in [5.41, 5.74) is 0.316. The smallest absolute Gasteiger partial charge is 0.272 e. The number of rotatable bonds is 3. The van der Waals surface area contributed by atoms with Crippen LogP contribution in [0.15, 0.2) is 18.3 Å². The summed E-state index contributed by atoms with van der Waals surface area (Å²) in [6, 6.07) is 2.70. The summed E-state index contributed by atoms with van der Waals surface area (Å²) in [6.45, 7) is 2.42. The van der Waals surface area contributed by atoms with Crippen molar-refractivity contribution in [3.05, 3.63) is 29.8 Å². The van der Waals surface area contributed by atoms with Crippen molar-refractivity contribution >= 4 is 5.91 Å². The molecule has 1 aliphatic rings. The third-order valence-electron chi connectivity index (χ3n) is 3.01. The average molecular weight is 237 g/mol. The third kappa shape index (κ3) is 2.79. The van der Waals surface area contributed by atoms with Gasteiger partial charge in [0.15, 0.2) is 0 Å². The molecule has 1 unspecified atom stereocenters. The summed E-state index contributed by atoms with van der Waals surface area (Å²) in [4.78, 5) is 17.6. The fourth-order valence-corrected chi connectivity index (χ4v) is 2.14. The maximum Gasteiger partial charge on any atom is 0.272 e. The molecule has 4 nitrogen and oxygen atoms in total. The minimum absolute atomic E-state index is 0.108. The first kappa shape index (κ1) is 12.0. The summed E-state index contributed by atoms with van der Waals surface area (Å²) >= 11 is 0. The molecule has 0 saturated carbocycles. The van der Waals surface area contributed by atoms with Gasteiger partial charge < -0.3 is 10.2 Å². The molecule has 2 rings (SSSR count). The lowest BCUT2D eigenvalue weighted by Gasteiger charge is -2.15. The molecule has 0 spiro atoms. The molecule has 0 aromatic carbocycles. The van der Waals surface area contributed by atoms with E-state index in [0.29, 0.717) is 11.6 Å². The number of amides is 1. The van der Waals surface area contributed by atoms with Crippen LogP contribution in [-0.2, 0) is 0 Å². The van der Waals surface area contributed by atoms with E-state index in [0.717, 1.165) is 32.3 Å². The Morgan fingerprint density at radius 1 is 1.65 bits per heavy atom. The molecule has 1 aromatic heterocycles. The Morgan fingerprint density at radius 2 is 2.47 bits per heavy atom. The zero-order chi connectivity index (χ0) is 12.3. The molecule has 1 aliphatic heterocycles. The SMILES string of the molecule is CNCC1CCN(C(=O)c2ccc(F)cn2)C1. The second-order valence-electron chi connectivity index (χ2n) is 4.33. The number of pyridine rings is 1. The fraction of sp³-hybridized carbons (Fsp3) is 0.500. The molecule has 0 aliphatic carbocycles. The molecule has 1 atom stereocenters. The van der Waals surface area contributed by atoms with Crippen LogP contribution in [0.1, 0.15) is 16.9 Å². The van der Waals surface area contributed by atoms with Gasteiger partial charge in [-0.25, -0.2) is 9.37 Å². The summed E-state index contributed by atoms with van der Waals surface area (Å²) < 4.78 is 12.7. The molecular weight excluding hydrogens is 221 g/mol. The first-order valence-electron chi connectivity index (χ1n) is 5.76. The summed E-state index contributed by atoms with van der Waals surface area (Å²) in [5.74, 6) is -0.0240. The van der Waals surface area contributed by atoms with E-state index < -0.39 is 5.82 Å². The van der Waals surface area contributed by atoms with Crippen molar-refractivity contribution in [2.24, 2.45) is 5.92 Å². The summed E-state index contributed by atoms with van der Waals surface area (Å²) in [7, 11) is 1.91. The van der Waals surface area contributed by atoms with Gasteiger partial charge in [-0.15, -0.1) is 0 Å². The number of halogens is 1. The quantitative estimate of drug-likeness (QED) is 0.849. The molecule has 1 amide bonds. The van der Waals surface area contributed by atoms with Crippen molar-refractivity contribution in [3.63, 3.8) is 0 Å². The van der Waals surface area contributed by atoms with Crippen LogP contribution in [0, 0.1) is 11.7 Å². The monoisotopic (exact) mass is 237 g/mol. The summed E-state index contributed by atoms with van der Waals surface area (Å²) in [5, 5.41) is 3.11. The molecule has 1 saturated heterocycles. The number of hydrogen-bond donors (Lipinski definition) is 1. The van der Waals surface area contributed by atoms with E-state index in [4.69, 9.17) is 0 Å². The highest BCUT2D eigenvalue weighted by Gasteiger charge is 2.26. The zero-order valence-corrected chi connectivity index (χ0v) is 9.82. The highest BCUT2D eigenvalue weighted by molar-refractivity contribution is 5.92. The average Bonchev–Trinajstić information content (AvgIpc) is 2.78. The standard InChI is InChI=1S/C12H16FN3O/c1-14-6-9-4-5-16(8-9)12(17)11-3-2-10(13)7-15-11/h2-3,7,9,14H,4-6,8H2,1H3. The van der Waals surface area contributed by atoms with E-state index in [1.54, 1.807) is 4.90 Å². The number of nitrogens with one attached hydrogen (secondary N) is 1. The lowest BCUT2D eigenvalue weighted by molar-refractivity contribution is 0.0781. The highest BCUT2D eigenvalue weighted by Crippen LogP contribution is 2.17. The van der Waals surface area contributed by atoms with Crippen molar-refractivity contribution in [3.8, 4) is 0 Å². The number of carbonyl (C=O) groups excluding carboxylic acids is 1. The van der Waals surface area contributed by atoms with Crippen molar-refractivity contribution in [1.82, 2.24) is 15.2 Å². The fourth-order valence-electron chi connectivity index (χ4n) is 2.14. The predicted molar refractivity (Wildman–Crippen MR) is 62.1 cm³/mol. The van der Waals surface area contributed by atoms with Gasteiger partial charge in [0.25, 0.3) is 5.91 Å². The Hall–Kier alpha value is -1.49. The van der Waals surface area contributed by atoms with Gasteiger partial charge in [-0.3, -0.25) is 4.79 Å². The zero-order valence-electron chi connectivity index (χ0n) is 9.82. The van der Waals surface area contributed by atoms with Crippen LogP contribution in [0.3, 0.4) is 0 Å². The Morgan fingerprint density at radius 3 is 3.12 bits per heavy atom.